The molecule has 0 unspecified atom stereocenters. The second-order valence-corrected chi connectivity index (χ2v) is 8.62. The van der Waals surface area contributed by atoms with Gasteiger partial charge in [0.25, 0.3) is 11.7 Å². The number of hydrogen-bond donors (Lipinski definition) is 1. The highest BCUT2D eigenvalue weighted by molar-refractivity contribution is 6.46. The molecule has 2 aliphatic rings. The van der Waals surface area contributed by atoms with Crippen LogP contribution in [0, 0.1) is 0 Å². The Morgan fingerprint density at radius 2 is 1.80 bits per heavy atom. The first-order valence-electron chi connectivity index (χ1n) is 11.4. The highest BCUT2D eigenvalue weighted by atomic mass is 16.6. The second-order valence-electron chi connectivity index (χ2n) is 8.62. The minimum Gasteiger partial charge on any atom is -0.507 e. The topological polar surface area (TPSA) is 97.8 Å². The quantitative estimate of drug-likeness (QED) is 0.349. The summed E-state index contributed by atoms with van der Waals surface area (Å²) in [4.78, 5) is 30.0. The number of ketones is 1. The van der Waals surface area contributed by atoms with Crippen LogP contribution in [0.4, 0.5) is 0 Å². The Morgan fingerprint density at radius 1 is 1.06 bits per heavy atom. The van der Waals surface area contributed by atoms with Gasteiger partial charge in [0, 0.05) is 17.7 Å². The van der Waals surface area contributed by atoms with E-state index in [2.05, 4.69) is 0 Å². The van der Waals surface area contributed by atoms with Gasteiger partial charge >= 0.3 is 0 Å². The van der Waals surface area contributed by atoms with Gasteiger partial charge in [0.15, 0.2) is 11.5 Å². The van der Waals surface area contributed by atoms with Crippen molar-refractivity contribution in [3.63, 3.8) is 0 Å². The van der Waals surface area contributed by atoms with Crippen molar-refractivity contribution >= 4 is 17.4 Å². The fourth-order valence-corrected chi connectivity index (χ4v) is 4.39. The molecule has 186 valence electrons. The Morgan fingerprint density at radius 3 is 2.49 bits per heavy atom. The number of hydrogen-bond acceptors (Lipinski definition) is 8. The maximum Gasteiger partial charge on any atom is 0.295 e. The molecule has 9 nitrogen and oxygen atoms in total. The molecule has 2 aromatic rings. The van der Waals surface area contributed by atoms with Gasteiger partial charge in [0.1, 0.15) is 30.5 Å². The van der Waals surface area contributed by atoms with Gasteiger partial charge < -0.3 is 33.9 Å². The fraction of sp³-hybridized carbons (Fsp3) is 0.385. The Labute approximate surface area is 204 Å². The average molecular weight is 483 g/mol. The first-order valence-corrected chi connectivity index (χ1v) is 11.4. The molecule has 0 aromatic heterocycles. The maximum absolute atomic E-state index is 13.3. The zero-order valence-electron chi connectivity index (χ0n) is 20.4. The van der Waals surface area contributed by atoms with Crippen molar-refractivity contribution in [2.75, 3.05) is 54.6 Å². The predicted octanol–water partition coefficient (Wildman–Crippen LogP) is 2.85. The van der Waals surface area contributed by atoms with E-state index in [1.807, 2.05) is 19.0 Å². The lowest BCUT2D eigenvalue weighted by Crippen LogP contribution is -2.32. The van der Waals surface area contributed by atoms with E-state index in [-0.39, 0.29) is 11.3 Å². The van der Waals surface area contributed by atoms with Gasteiger partial charge in [0.2, 0.25) is 0 Å². The molecule has 1 amide bonds. The molecule has 35 heavy (non-hydrogen) atoms. The minimum absolute atomic E-state index is 0.0110. The van der Waals surface area contributed by atoms with E-state index in [9.17, 15) is 14.7 Å². The summed E-state index contributed by atoms with van der Waals surface area (Å²) in [6, 6.07) is 9.27. The Balaban J connectivity index is 1.85. The average Bonchev–Trinajstić information content (AvgIpc) is 3.12. The van der Waals surface area contributed by atoms with Gasteiger partial charge in [-0.25, -0.2) is 0 Å². The van der Waals surface area contributed by atoms with E-state index in [4.69, 9.17) is 18.9 Å². The number of carbonyl (C=O) groups excluding carboxylic acids is 2. The van der Waals surface area contributed by atoms with Crippen LogP contribution in [0.2, 0.25) is 0 Å². The molecule has 1 N–H and O–H groups in total. The van der Waals surface area contributed by atoms with Crippen molar-refractivity contribution in [1.82, 2.24) is 9.80 Å². The fourth-order valence-electron chi connectivity index (χ4n) is 4.39. The van der Waals surface area contributed by atoms with Crippen molar-refractivity contribution < 1.29 is 33.6 Å². The van der Waals surface area contributed by atoms with E-state index < -0.39 is 17.7 Å². The van der Waals surface area contributed by atoms with Crippen LogP contribution in [0.3, 0.4) is 0 Å². The molecule has 0 saturated carbocycles. The second kappa shape index (κ2) is 10.3. The number of nitrogens with zero attached hydrogens (tertiary/aromatic N) is 2. The molecule has 1 fully saturated rings. The molecule has 4 rings (SSSR count). The van der Waals surface area contributed by atoms with Gasteiger partial charge in [-0.3, -0.25) is 9.59 Å². The zero-order chi connectivity index (χ0) is 25.1. The summed E-state index contributed by atoms with van der Waals surface area (Å²) in [7, 11) is 6.94. The molecular formula is C26H30N2O7. The number of benzene rings is 2. The largest absolute Gasteiger partial charge is 0.507 e. The van der Waals surface area contributed by atoms with Crippen LogP contribution < -0.4 is 18.9 Å². The molecule has 0 aliphatic carbocycles. The number of Topliss-reactive ketones (excluding diaryl/α,β-unsaturated/α-hetero) is 1. The maximum atomic E-state index is 13.3. The highest BCUT2D eigenvalue weighted by Gasteiger charge is 2.47. The van der Waals surface area contributed by atoms with E-state index in [0.29, 0.717) is 60.3 Å². The van der Waals surface area contributed by atoms with Crippen LogP contribution in [-0.4, -0.2) is 81.2 Å². The number of rotatable bonds is 8. The van der Waals surface area contributed by atoms with Crippen LogP contribution >= 0.6 is 0 Å². The summed E-state index contributed by atoms with van der Waals surface area (Å²) in [6.45, 7) is 1.87. The summed E-state index contributed by atoms with van der Waals surface area (Å²) < 4.78 is 22.2. The van der Waals surface area contributed by atoms with Crippen LogP contribution in [0.15, 0.2) is 42.0 Å². The summed E-state index contributed by atoms with van der Waals surface area (Å²) in [5.74, 6) is 0.335. The molecule has 2 heterocycles. The number of aliphatic hydroxyl groups is 1. The van der Waals surface area contributed by atoms with Crippen LogP contribution in [-0.2, 0) is 9.59 Å². The molecule has 0 bridgehead atoms. The lowest BCUT2D eigenvalue weighted by atomic mass is 9.94. The summed E-state index contributed by atoms with van der Waals surface area (Å²) in [5.41, 5.74) is 0.894. The SMILES string of the molecule is COc1ccc(OC)c([C@@H]2/C(=C(\O)c3ccc4c(c3)OCCO4)C(=O)C(=O)N2CCCN(C)C)c1. The monoisotopic (exact) mass is 482 g/mol. The van der Waals surface area contributed by atoms with Crippen molar-refractivity contribution in [2.45, 2.75) is 12.5 Å². The molecule has 0 spiro atoms. The number of likely N-dealkylation sites (tertiary alicyclic amines) is 1. The van der Waals surface area contributed by atoms with Gasteiger partial charge in [-0.1, -0.05) is 0 Å². The van der Waals surface area contributed by atoms with Gasteiger partial charge in [-0.2, -0.15) is 0 Å². The lowest BCUT2D eigenvalue weighted by Gasteiger charge is -2.27. The molecule has 1 saturated heterocycles. The first kappa shape index (κ1) is 24.4. The first-order chi connectivity index (χ1) is 16.8. The van der Waals surface area contributed by atoms with Crippen molar-refractivity contribution in [3.8, 4) is 23.0 Å². The van der Waals surface area contributed by atoms with Gasteiger partial charge in [-0.05, 0) is 63.5 Å². The third-order valence-corrected chi connectivity index (χ3v) is 6.09. The number of methoxy groups -OCH3 is 2. The van der Waals surface area contributed by atoms with Crippen LogP contribution in [0.1, 0.15) is 23.6 Å². The molecule has 9 heteroatoms. The Bertz CT molecular complexity index is 1160. The minimum atomic E-state index is -0.851. The number of amides is 1. The summed E-state index contributed by atoms with van der Waals surface area (Å²) >= 11 is 0. The molecular weight excluding hydrogens is 452 g/mol. The lowest BCUT2D eigenvalue weighted by molar-refractivity contribution is -0.140. The third-order valence-electron chi connectivity index (χ3n) is 6.09. The van der Waals surface area contributed by atoms with Crippen molar-refractivity contribution in [2.24, 2.45) is 0 Å². The zero-order valence-corrected chi connectivity index (χ0v) is 20.4. The Kier molecular flexibility index (Phi) is 7.16. The Hall–Kier alpha value is -3.72. The van der Waals surface area contributed by atoms with E-state index in [1.165, 1.54) is 19.1 Å². The number of fused-ring (bicyclic) bond motifs is 1. The number of ether oxygens (including phenoxy) is 4. The molecule has 2 aliphatic heterocycles. The van der Waals surface area contributed by atoms with Crippen LogP contribution in [0.5, 0.6) is 23.0 Å². The predicted molar refractivity (Wildman–Crippen MR) is 129 cm³/mol. The van der Waals surface area contributed by atoms with Crippen molar-refractivity contribution in [1.29, 1.82) is 0 Å². The standard InChI is InChI=1S/C26H30N2O7/c1-27(2)10-5-11-28-23(18-15-17(32-3)7-9-19(18)33-4)22(25(30)26(28)31)24(29)16-6-8-20-21(14-16)35-13-12-34-20/h6-9,14-15,23,29H,5,10-13H2,1-4H3/b24-22+/t23-/m1/s1. The van der Waals surface area contributed by atoms with Crippen molar-refractivity contribution in [3.05, 3.63) is 53.1 Å². The van der Waals surface area contributed by atoms with E-state index in [1.54, 1.807) is 36.4 Å². The van der Waals surface area contributed by atoms with Crippen LogP contribution in [0.25, 0.3) is 5.76 Å². The van der Waals surface area contributed by atoms with Gasteiger partial charge in [-0.15, -0.1) is 0 Å². The highest BCUT2D eigenvalue weighted by Crippen LogP contribution is 2.44. The molecule has 2 aromatic carbocycles. The summed E-state index contributed by atoms with van der Waals surface area (Å²) in [6.07, 6.45) is 0.646. The molecule has 1 atom stereocenters. The number of carbonyl (C=O) groups is 2. The molecule has 0 radical (unpaired) electrons. The normalized spacial score (nSPS) is 18.8. The van der Waals surface area contributed by atoms with E-state index in [0.717, 1.165) is 6.54 Å². The van der Waals surface area contributed by atoms with E-state index >= 15 is 0 Å². The number of aliphatic hydroxyl groups excluding tert-OH is 1. The van der Waals surface area contributed by atoms with Gasteiger partial charge in [0.05, 0.1) is 25.8 Å². The third kappa shape index (κ3) is 4.77. The summed E-state index contributed by atoms with van der Waals surface area (Å²) in [5, 5.41) is 11.4. The smallest absolute Gasteiger partial charge is 0.295 e.